The zero-order chi connectivity index (χ0) is 33.3. The predicted molar refractivity (Wildman–Crippen MR) is 160 cm³/mol. The van der Waals surface area contributed by atoms with Crippen LogP contribution in [0.15, 0.2) is 22.7 Å². The summed E-state index contributed by atoms with van der Waals surface area (Å²) in [6, 6.07) is 4.15. The highest BCUT2D eigenvalue weighted by molar-refractivity contribution is 9.10. The standard InChI is InChI=1S/C32H46BrFO9/c1-13-32(11,12)28(38)43-24-23(42-27(37)31(8,9)10)22(41-26(36)30(5,6)7)21(40-25(35)29(2,3)4)20(39-24)17-14-15-18(33)19(34)16-17/h14-16,20-24H,13H2,1-12H3/t20-,21-,22-,23-,24-/m1/s1. The van der Waals surface area contributed by atoms with Crippen LogP contribution in [0.4, 0.5) is 4.39 Å². The average Bonchev–Trinajstić information content (AvgIpc) is 2.86. The normalized spacial score (nSPS) is 23.3. The Balaban J connectivity index is 2.84. The molecule has 1 aliphatic rings. The molecule has 1 saturated heterocycles. The Morgan fingerprint density at radius 3 is 1.58 bits per heavy atom. The molecule has 0 radical (unpaired) electrons. The highest BCUT2D eigenvalue weighted by atomic mass is 79.9. The maximum Gasteiger partial charge on any atom is 0.313 e. The first-order valence-electron chi connectivity index (χ1n) is 14.3. The van der Waals surface area contributed by atoms with Gasteiger partial charge in [0.1, 0.15) is 11.9 Å². The smallest absolute Gasteiger partial charge is 0.313 e. The van der Waals surface area contributed by atoms with Crippen molar-refractivity contribution in [3.63, 3.8) is 0 Å². The summed E-state index contributed by atoms with van der Waals surface area (Å²) in [6.45, 7) is 19.8. The lowest BCUT2D eigenvalue weighted by Gasteiger charge is -2.46. The van der Waals surface area contributed by atoms with Gasteiger partial charge in [-0.3, -0.25) is 19.2 Å². The Kier molecular flexibility index (Phi) is 11.3. The van der Waals surface area contributed by atoms with Gasteiger partial charge in [0.05, 0.1) is 26.1 Å². The van der Waals surface area contributed by atoms with E-state index in [4.69, 9.17) is 23.7 Å². The van der Waals surface area contributed by atoms with E-state index in [-0.39, 0.29) is 10.0 Å². The molecule has 0 spiro atoms. The van der Waals surface area contributed by atoms with Crippen LogP contribution in [0.5, 0.6) is 0 Å². The van der Waals surface area contributed by atoms with Crippen LogP contribution < -0.4 is 0 Å². The summed E-state index contributed by atoms with van der Waals surface area (Å²) in [4.78, 5) is 53.2. The SMILES string of the molecule is CCC(C)(C)C(=O)O[C@H]1O[C@H](c2ccc(Br)c(F)c2)[C@@H](OC(=O)C(C)(C)C)[C@@H](OC(=O)C(C)(C)C)[C@H]1OC(=O)C(C)(C)C. The molecule has 9 nitrogen and oxygen atoms in total. The summed E-state index contributed by atoms with van der Waals surface area (Å²) in [7, 11) is 0. The van der Waals surface area contributed by atoms with Gasteiger partial charge in [-0.2, -0.15) is 0 Å². The molecule has 0 aliphatic carbocycles. The van der Waals surface area contributed by atoms with E-state index in [9.17, 15) is 23.6 Å². The fourth-order valence-electron chi connectivity index (χ4n) is 3.56. The number of ether oxygens (including phenoxy) is 5. The van der Waals surface area contributed by atoms with Crippen molar-refractivity contribution < 1.29 is 47.3 Å². The van der Waals surface area contributed by atoms with Crippen LogP contribution in [-0.4, -0.2) is 48.5 Å². The molecule has 0 unspecified atom stereocenters. The van der Waals surface area contributed by atoms with Crippen molar-refractivity contribution in [2.75, 3.05) is 0 Å². The van der Waals surface area contributed by atoms with Gasteiger partial charge in [-0.25, -0.2) is 4.39 Å². The number of hydrogen-bond donors (Lipinski definition) is 0. The van der Waals surface area contributed by atoms with Crippen LogP contribution in [0.25, 0.3) is 0 Å². The second-order valence-corrected chi connectivity index (χ2v) is 15.5. The quantitative estimate of drug-likeness (QED) is 0.227. The van der Waals surface area contributed by atoms with Gasteiger partial charge in [0, 0.05) is 0 Å². The van der Waals surface area contributed by atoms with E-state index < -0.39 is 82.1 Å². The maximum absolute atomic E-state index is 14.8. The van der Waals surface area contributed by atoms with Crippen LogP contribution >= 0.6 is 15.9 Å². The number of hydrogen-bond acceptors (Lipinski definition) is 9. The lowest BCUT2D eigenvalue weighted by molar-refractivity contribution is -0.304. The lowest BCUT2D eigenvalue weighted by Crippen LogP contribution is -2.61. The molecule has 1 aromatic carbocycles. The largest absolute Gasteiger partial charge is 0.455 e. The van der Waals surface area contributed by atoms with Crippen molar-refractivity contribution in [3.05, 3.63) is 34.1 Å². The third-order valence-electron chi connectivity index (χ3n) is 6.99. The van der Waals surface area contributed by atoms with Crippen LogP contribution in [0.2, 0.25) is 0 Å². The van der Waals surface area contributed by atoms with Gasteiger partial charge in [-0.05, 0) is 116 Å². The Hall–Kier alpha value is -2.53. The van der Waals surface area contributed by atoms with Gasteiger partial charge in [0.15, 0.2) is 12.2 Å². The average molecular weight is 674 g/mol. The van der Waals surface area contributed by atoms with Crippen LogP contribution in [0, 0.1) is 27.5 Å². The molecule has 1 fully saturated rings. The van der Waals surface area contributed by atoms with Crippen molar-refractivity contribution >= 4 is 39.8 Å². The minimum absolute atomic E-state index is 0.177. The molecule has 0 N–H and O–H groups in total. The Labute approximate surface area is 262 Å². The fourth-order valence-corrected chi connectivity index (χ4v) is 3.81. The molecule has 2 rings (SSSR count). The topological polar surface area (TPSA) is 114 Å². The summed E-state index contributed by atoms with van der Waals surface area (Å²) < 4.78 is 44.9. The van der Waals surface area contributed by atoms with E-state index in [1.54, 1.807) is 76.2 Å². The summed E-state index contributed by atoms with van der Waals surface area (Å²) in [5.41, 5.74) is -3.78. The molecule has 5 atom stereocenters. The number of halogens is 2. The molecular weight excluding hydrogens is 627 g/mol. The highest BCUT2D eigenvalue weighted by Crippen LogP contribution is 2.41. The first-order chi connectivity index (χ1) is 19.4. The molecule has 0 aromatic heterocycles. The summed E-state index contributed by atoms with van der Waals surface area (Å²) in [5, 5.41) is 0. The number of esters is 4. The predicted octanol–water partition coefficient (Wildman–Crippen LogP) is 6.84. The first kappa shape index (κ1) is 36.7. The number of benzene rings is 1. The third-order valence-corrected chi connectivity index (χ3v) is 7.64. The van der Waals surface area contributed by atoms with Gasteiger partial charge in [0.25, 0.3) is 0 Å². The Morgan fingerprint density at radius 1 is 0.721 bits per heavy atom. The highest BCUT2D eigenvalue weighted by Gasteiger charge is 2.56. The van der Waals surface area contributed by atoms with Crippen molar-refractivity contribution in [2.45, 2.75) is 120 Å². The number of carbonyl (C=O) groups excluding carboxylic acids is 4. The summed E-state index contributed by atoms with van der Waals surface area (Å²) in [6.07, 6.45) is -6.95. The van der Waals surface area contributed by atoms with E-state index in [1.165, 1.54) is 18.2 Å². The molecule has 242 valence electrons. The zero-order valence-corrected chi connectivity index (χ0v) is 28.8. The maximum atomic E-state index is 14.8. The van der Waals surface area contributed by atoms with Crippen LogP contribution in [0.1, 0.15) is 101 Å². The number of rotatable bonds is 7. The van der Waals surface area contributed by atoms with Crippen molar-refractivity contribution in [3.8, 4) is 0 Å². The van der Waals surface area contributed by atoms with Gasteiger partial charge >= 0.3 is 23.9 Å². The number of carbonyl (C=O) groups is 4. The molecule has 0 saturated carbocycles. The van der Waals surface area contributed by atoms with E-state index in [0.717, 1.165) is 0 Å². The second kappa shape index (κ2) is 13.2. The molecule has 1 heterocycles. The molecule has 0 bridgehead atoms. The van der Waals surface area contributed by atoms with Gasteiger partial charge in [0.2, 0.25) is 12.4 Å². The first-order valence-corrected chi connectivity index (χ1v) is 15.1. The third kappa shape index (κ3) is 9.23. The van der Waals surface area contributed by atoms with Crippen LogP contribution in [0.3, 0.4) is 0 Å². The van der Waals surface area contributed by atoms with Gasteiger partial charge in [-0.1, -0.05) is 13.0 Å². The zero-order valence-electron chi connectivity index (χ0n) is 27.3. The minimum Gasteiger partial charge on any atom is -0.455 e. The Bertz CT molecular complexity index is 1210. The van der Waals surface area contributed by atoms with Crippen molar-refractivity contribution in [1.29, 1.82) is 0 Å². The molecule has 1 aliphatic heterocycles. The molecular formula is C32H46BrFO9. The molecule has 0 amide bonds. The summed E-state index contributed by atoms with van der Waals surface area (Å²) in [5.74, 6) is -3.38. The Morgan fingerprint density at radius 2 is 1.16 bits per heavy atom. The summed E-state index contributed by atoms with van der Waals surface area (Å²) >= 11 is 3.13. The second-order valence-electron chi connectivity index (χ2n) is 14.6. The van der Waals surface area contributed by atoms with E-state index >= 15 is 0 Å². The monoisotopic (exact) mass is 672 g/mol. The fraction of sp³-hybridized carbons (Fsp3) is 0.688. The molecule has 43 heavy (non-hydrogen) atoms. The van der Waals surface area contributed by atoms with Gasteiger partial charge < -0.3 is 23.7 Å². The van der Waals surface area contributed by atoms with Crippen molar-refractivity contribution in [2.24, 2.45) is 21.7 Å². The van der Waals surface area contributed by atoms with E-state index in [2.05, 4.69) is 15.9 Å². The van der Waals surface area contributed by atoms with Crippen molar-refractivity contribution in [1.82, 2.24) is 0 Å². The van der Waals surface area contributed by atoms with Gasteiger partial charge in [-0.15, -0.1) is 0 Å². The van der Waals surface area contributed by atoms with E-state index in [0.29, 0.717) is 6.42 Å². The minimum atomic E-state index is -1.61. The van der Waals surface area contributed by atoms with E-state index in [1.807, 2.05) is 6.92 Å². The molecule has 11 heteroatoms. The van der Waals surface area contributed by atoms with Crippen LogP contribution in [-0.2, 0) is 42.9 Å². The lowest BCUT2D eigenvalue weighted by atomic mass is 9.89. The molecule has 1 aromatic rings.